The number of nitrogens with zero attached hydrogens (tertiary/aromatic N) is 4. The maximum absolute atomic E-state index is 11.7. The fraction of sp³-hybridized carbons (Fsp3) is 0.227. The number of ether oxygens (including phenoxy) is 3. The van der Waals surface area contributed by atoms with Gasteiger partial charge in [-0.2, -0.15) is 5.26 Å². The predicted octanol–water partition coefficient (Wildman–Crippen LogP) is 3.72. The molecule has 8 nitrogen and oxygen atoms in total. The molecule has 0 aliphatic heterocycles. The molecule has 0 aromatic carbocycles. The van der Waals surface area contributed by atoms with Gasteiger partial charge in [0.25, 0.3) is 0 Å². The molecule has 9 heteroatoms. The van der Waals surface area contributed by atoms with Crippen molar-refractivity contribution in [1.82, 2.24) is 15.0 Å². The summed E-state index contributed by atoms with van der Waals surface area (Å²) in [5.41, 5.74) is 4.29. The van der Waals surface area contributed by atoms with Crippen LogP contribution in [-0.4, -0.2) is 41.7 Å². The van der Waals surface area contributed by atoms with Gasteiger partial charge in [0.05, 0.1) is 49.5 Å². The Hall–Kier alpha value is -3.77. The summed E-state index contributed by atoms with van der Waals surface area (Å²) in [5, 5.41) is 9.67. The van der Waals surface area contributed by atoms with Gasteiger partial charge in [-0.05, 0) is 30.7 Å². The minimum atomic E-state index is -0.553. The monoisotopic (exact) mass is 436 g/mol. The molecule has 0 saturated heterocycles. The van der Waals surface area contributed by atoms with E-state index in [1.807, 2.05) is 12.4 Å². The van der Waals surface area contributed by atoms with E-state index in [1.165, 1.54) is 26.6 Å². The first-order chi connectivity index (χ1) is 15.0. The molecule has 158 valence electrons. The van der Waals surface area contributed by atoms with Crippen molar-refractivity contribution < 1.29 is 19.0 Å². The number of esters is 1. The molecule has 3 aromatic rings. The SMILES string of the molecule is COC(=O)c1cc(/C=C(\C#N)c2cc(OCCc3scnc3C)c(OC)cn2)ccn1. The Labute approximate surface area is 183 Å². The van der Waals surface area contributed by atoms with Crippen LogP contribution in [0.25, 0.3) is 11.6 Å². The summed E-state index contributed by atoms with van der Waals surface area (Å²) in [7, 11) is 2.82. The van der Waals surface area contributed by atoms with Gasteiger partial charge in [-0.3, -0.25) is 4.98 Å². The van der Waals surface area contributed by atoms with E-state index in [2.05, 4.69) is 25.8 Å². The lowest BCUT2D eigenvalue weighted by Crippen LogP contribution is -2.04. The average Bonchev–Trinajstić information content (AvgIpc) is 3.21. The molecule has 0 fully saturated rings. The van der Waals surface area contributed by atoms with Crippen LogP contribution in [0.3, 0.4) is 0 Å². The van der Waals surface area contributed by atoms with Gasteiger partial charge in [0, 0.05) is 23.6 Å². The number of pyridine rings is 2. The second-order valence-corrected chi connectivity index (χ2v) is 7.25. The van der Waals surface area contributed by atoms with E-state index in [4.69, 9.17) is 9.47 Å². The third-order valence-corrected chi connectivity index (χ3v) is 5.36. The number of hydrogen-bond donors (Lipinski definition) is 0. The second kappa shape index (κ2) is 10.3. The number of nitriles is 1. The Balaban J connectivity index is 1.84. The number of aryl methyl sites for hydroxylation is 1. The van der Waals surface area contributed by atoms with Crippen molar-refractivity contribution in [1.29, 1.82) is 5.26 Å². The van der Waals surface area contributed by atoms with Crippen molar-refractivity contribution in [2.24, 2.45) is 0 Å². The normalized spacial score (nSPS) is 11.0. The number of thiazole rings is 1. The summed E-state index contributed by atoms with van der Waals surface area (Å²) in [6.45, 7) is 2.40. The minimum absolute atomic E-state index is 0.151. The highest BCUT2D eigenvalue weighted by atomic mass is 32.1. The molecule has 31 heavy (non-hydrogen) atoms. The van der Waals surface area contributed by atoms with Gasteiger partial charge in [-0.25, -0.2) is 14.8 Å². The summed E-state index contributed by atoms with van der Waals surface area (Å²) < 4.78 is 15.9. The van der Waals surface area contributed by atoms with Gasteiger partial charge in [-0.15, -0.1) is 11.3 Å². The fourth-order valence-electron chi connectivity index (χ4n) is 2.74. The first-order valence-corrected chi connectivity index (χ1v) is 10.2. The number of hydrogen-bond acceptors (Lipinski definition) is 9. The molecule has 3 heterocycles. The van der Waals surface area contributed by atoms with E-state index in [9.17, 15) is 10.1 Å². The Kier molecular flexibility index (Phi) is 7.30. The van der Waals surface area contributed by atoms with Crippen LogP contribution in [0.15, 0.2) is 36.1 Å². The maximum Gasteiger partial charge on any atom is 0.356 e. The van der Waals surface area contributed by atoms with Crippen molar-refractivity contribution in [2.75, 3.05) is 20.8 Å². The average molecular weight is 436 g/mol. The Morgan fingerprint density at radius 2 is 2.03 bits per heavy atom. The van der Waals surface area contributed by atoms with Gasteiger partial charge < -0.3 is 14.2 Å². The Morgan fingerprint density at radius 1 is 1.19 bits per heavy atom. The smallest absolute Gasteiger partial charge is 0.356 e. The van der Waals surface area contributed by atoms with Gasteiger partial charge >= 0.3 is 5.97 Å². The number of methoxy groups -OCH3 is 2. The highest BCUT2D eigenvalue weighted by molar-refractivity contribution is 7.09. The zero-order chi connectivity index (χ0) is 22.2. The zero-order valence-corrected chi connectivity index (χ0v) is 18.1. The summed E-state index contributed by atoms with van der Waals surface area (Å²) in [5.74, 6) is 0.406. The largest absolute Gasteiger partial charge is 0.491 e. The quantitative estimate of drug-likeness (QED) is 0.388. The molecule has 0 amide bonds. The molecule has 0 atom stereocenters. The first-order valence-electron chi connectivity index (χ1n) is 9.28. The molecule has 0 radical (unpaired) electrons. The maximum atomic E-state index is 11.7. The minimum Gasteiger partial charge on any atom is -0.491 e. The number of carbonyl (C=O) groups is 1. The highest BCUT2D eigenvalue weighted by Crippen LogP contribution is 2.30. The molecule has 3 rings (SSSR count). The number of aromatic nitrogens is 3. The lowest BCUT2D eigenvalue weighted by Gasteiger charge is -2.11. The number of carbonyl (C=O) groups excluding carboxylic acids is 1. The Morgan fingerprint density at radius 3 is 2.71 bits per heavy atom. The first kappa shape index (κ1) is 21.9. The molecule has 0 unspecified atom stereocenters. The molecule has 3 aromatic heterocycles. The van der Waals surface area contributed by atoms with Crippen molar-refractivity contribution in [3.63, 3.8) is 0 Å². The van der Waals surface area contributed by atoms with Gasteiger partial charge in [0.2, 0.25) is 0 Å². The summed E-state index contributed by atoms with van der Waals surface area (Å²) in [4.78, 5) is 25.4. The molecular weight excluding hydrogens is 416 g/mol. The van der Waals surface area contributed by atoms with Crippen LogP contribution < -0.4 is 9.47 Å². The summed E-state index contributed by atoms with van der Waals surface area (Å²) in [6, 6.07) is 7.03. The molecule has 0 bridgehead atoms. The lowest BCUT2D eigenvalue weighted by molar-refractivity contribution is 0.0594. The van der Waals surface area contributed by atoms with E-state index in [-0.39, 0.29) is 5.69 Å². The van der Waals surface area contributed by atoms with Crippen LogP contribution >= 0.6 is 11.3 Å². The van der Waals surface area contributed by atoms with E-state index < -0.39 is 5.97 Å². The predicted molar refractivity (Wildman–Crippen MR) is 116 cm³/mol. The van der Waals surface area contributed by atoms with E-state index in [0.29, 0.717) is 41.4 Å². The van der Waals surface area contributed by atoms with E-state index in [1.54, 1.807) is 35.6 Å². The lowest BCUT2D eigenvalue weighted by atomic mass is 10.1. The number of allylic oxidation sites excluding steroid dienone is 1. The zero-order valence-electron chi connectivity index (χ0n) is 17.3. The van der Waals surface area contributed by atoms with E-state index >= 15 is 0 Å². The molecule has 0 saturated carbocycles. The summed E-state index contributed by atoms with van der Waals surface area (Å²) in [6.07, 6.45) is 5.32. The Bertz CT molecular complexity index is 1150. The van der Waals surface area contributed by atoms with Crippen LogP contribution in [0.4, 0.5) is 0 Å². The summed E-state index contributed by atoms with van der Waals surface area (Å²) >= 11 is 1.59. The van der Waals surface area contributed by atoms with Gasteiger partial charge in [0.15, 0.2) is 11.5 Å². The fourth-order valence-corrected chi connectivity index (χ4v) is 3.50. The van der Waals surface area contributed by atoms with Gasteiger partial charge in [0.1, 0.15) is 11.8 Å². The van der Waals surface area contributed by atoms with Crippen LogP contribution in [0.2, 0.25) is 0 Å². The van der Waals surface area contributed by atoms with Crippen LogP contribution in [0.5, 0.6) is 11.5 Å². The van der Waals surface area contributed by atoms with Gasteiger partial charge in [-0.1, -0.05) is 0 Å². The standard InChI is InChI=1S/C22H20N4O4S/c1-14-21(31-13-26-14)5-7-30-19-10-17(25-12-20(19)28-2)16(11-23)8-15-4-6-24-18(9-15)22(27)29-3/h4,6,8-10,12-13H,5,7H2,1-3H3/b16-8+. The topological polar surface area (TPSA) is 107 Å². The highest BCUT2D eigenvalue weighted by Gasteiger charge is 2.12. The second-order valence-electron chi connectivity index (χ2n) is 6.32. The van der Waals surface area contributed by atoms with Crippen LogP contribution in [-0.2, 0) is 11.2 Å². The molecule has 0 spiro atoms. The van der Waals surface area contributed by atoms with Crippen molar-refractivity contribution >= 4 is 29.0 Å². The molecule has 0 aliphatic rings. The van der Waals surface area contributed by atoms with Crippen LogP contribution in [0, 0.1) is 18.3 Å². The molecule has 0 N–H and O–H groups in total. The van der Waals surface area contributed by atoms with Crippen molar-refractivity contribution in [2.45, 2.75) is 13.3 Å². The molecule has 0 aliphatic carbocycles. The van der Waals surface area contributed by atoms with Crippen LogP contribution in [0.1, 0.15) is 32.3 Å². The number of rotatable bonds is 8. The van der Waals surface area contributed by atoms with Crippen molar-refractivity contribution in [3.05, 3.63) is 63.6 Å². The van der Waals surface area contributed by atoms with Crippen molar-refractivity contribution in [3.8, 4) is 17.6 Å². The third kappa shape index (κ3) is 5.43. The van der Waals surface area contributed by atoms with E-state index in [0.717, 1.165) is 10.6 Å². The molecular formula is C22H20N4O4S. The third-order valence-electron chi connectivity index (χ3n) is 4.37.